The number of nitrogens with two attached hydrogens (primary N) is 1. The van der Waals surface area contributed by atoms with Crippen molar-refractivity contribution in [3.05, 3.63) is 69.2 Å². The van der Waals surface area contributed by atoms with Crippen LogP contribution in [0.2, 0.25) is 5.02 Å². The number of hydrogen-bond donors (Lipinski definition) is 2. The first kappa shape index (κ1) is 15.0. The summed E-state index contributed by atoms with van der Waals surface area (Å²) < 4.78 is 0. The molecule has 0 saturated carbocycles. The van der Waals surface area contributed by atoms with E-state index in [-0.39, 0.29) is 6.04 Å². The molecular weight excluding hydrogens is 268 g/mol. The standard InChI is InChI=1S/C17H21ClN2/c1-11-4-5-14(8-12(11)2)10-17(20-19)15-6-7-16(18)13(3)9-15/h4-9,17,20H,10,19H2,1-3H3. The van der Waals surface area contributed by atoms with Gasteiger partial charge in [-0.15, -0.1) is 0 Å². The Kier molecular flexibility index (Phi) is 4.81. The second kappa shape index (κ2) is 6.40. The zero-order chi connectivity index (χ0) is 14.7. The molecule has 0 fully saturated rings. The lowest BCUT2D eigenvalue weighted by atomic mass is 9.96. The maximum Gasteiger partial charge on any atom is 0.0500 e. The van der Waals surface area contributed by atoms with Gasteiger partial charge in [0.15, 0.2) is 0 Å². The third-order valence-corrected chi connectivity index (χ3v) is 4.22. The normalized spacial score (nSPS) is 12.4. The summed E-state index contributed by atoms with van der Waals surface area (Å²) in [7, 11) is 0. The number of hydrazine groups is 1. The van der Waals surface area contributed by atoms with Gasteiger partial charge in [-0.1, -0.05) is 41.9 Å². The maximum atomic E-state index is 6.08. The predicted molar refractivity (Wildman–Crippen MR) is 85.9 cm³/mol. The van der Waals surface area contributed by atoms with Crippen LogP contribution in [-0.2, 0) is 6.42 Å². The zero-order valence-corrected chi connectivity index (χ0v) is 13.0. The van der Waals surface area contributed by atoms with E-state index in [9.17, 15) is 0 Å². The summed E-state index contributed by atoms with van der Waals surface area (Å²) in [5.74, 6) is 5.73. The van der Waals surface area contributed by atoms with Gasteiger partial charge < -0.3 is 0 Å². The first-order chi connectivity index (χ1) is 9.51. The molecule has 0 aliphatic carbocycles. The number of aryl methyl sites for hydroxylation is 3. The van der Waals surface area contributed by atoms with Crippen molar-refractivity contribution in [2.45, 2.75) is 33.2 Å². The highest BCUT2D eigenvalue weighted by Gasteiger charge is 2.12. The molecule has 0 bridgehead atoms. The third kappa shape index (κ3) is 3.40. The van der Waals surface area contributed by atoms with Crippen molar-refractivity contribution in [2.24, 2.45) is 5.84 Å². The summed E-state index contributed by atoms with van der Waals surface area (Å²) in [6.07, 6.45) is 0.860. The lowest BCUT2D eigenvalue weighted by Gasteiger charge is -2.18. The van der Waals surface area contributed by atoms with Crippen LogP contribution in [0.4, 0.5) is 0 Å². The van der Waals surface area contributed by atoms with Gasteiger partial charge in [-0.3, -0.25) is 11.3 Å². The summed E-state index contributed by atoms with van der Waals surface area (Å²) in [6, 6.07) is 12.7. The van der Waals surface area contributed by atoms with Gasteiger partial charge in [0.25, 0.3) is 0 Å². The third-order valence-electron chi connectivity index (χ3n) is 3.80. The fourth-order valence-electron chi connectivity index (χ4n) is 2.32. The van der Waals surface area contributed by atoms with Gasteiger partial charge in [0.1, 0.15) is 0 Å². The lowest BCUT2D eigenvalue weighted by Crippen LogP contribution is -2.29. The molecule has 3 heteroatoms. The van der Waals surface area contributed by atoms with E-state index in [0.29, 0.717) is 0 Å². The van der Waals surface area contributed by atoms with Crippen molar-refractivity contribution in [3.63, 3.8) is 0 Å². The molecule has 106 valence electrons. The number of hydrogen-bond acceptors (Lipinski definition) is 2. The lowest BCUT2D eigenvalue weighted by molar-refractivity contribution is 0.551. The van der Waals surface area contributed by atoms with Crippen LogP contribution in [0, 0.1) is 20.8 Å². The van der Waals surface area contributed by atoms with Crippen LogP contribution in [0.25, 0.3) is 0 Å². The average molecular weight is 289 g/mol. The highest BCUT2D eigenvalue weighted by molar-refractivity contribution is 6.31. The van der Waals surface area contributed by atoms with Crippen LogP contribution >= 0.6 is 11.6 Å². The van der Waals surface area contributed by atoms with Crippen LogP contribution in [0.15, 0.2) is 36.4 Å². The Morgan fingerprint density at radius 1 is 1.00 bits per heavy atom. The fourth-order valence-corrected chi connectivity index (χ4v) is 2.44. The summed E-state index contributed by atoms with van der Waals surface area (Å²) in [6.45, 7) is 6.27. The van der Waals surface area contributed by atoms with Crippen molar-refractivity contribution in [3.8, 4) is 0 Å². The Hall–Kier alpha value is -1.35. The first-order valence-corrected chi connectivity index (χ1v) is 7.17. The molecule has 0 spiro atoms. The quantitative estimate of drug-likeness (QED) is 0.659. The van der Waals surface area contributed by atoms with E-state index >= 15 is 0 Å². The monoisotopic (exact) mass is 288 g/mol. The molecule has 0 radical (unpaired) electrons. The zero-order valence-electron chi connectivity index (χ0n) is 12.2. The van der Waals surface area contributed by atoms with Crippen LogP contribution in [0.3, 0.4) is 0 Å². The minimum atomic E-state index is 0.0908. The van der Waals surface area contributed by atoms with Gasteiger partial charge >= 0.3 is 0 Å². The van der Waals surface area contributed by atoms with E-state index in [2.05, 4.69) is 43.5 Å². The molecule has 0 aliphatic heterocycles. The van der Waals surface area contributed by atoms with Crippen molar-refractivity contribution < 1.29 is 0 Å². The summed E-state index contributed by atoms with van der Waals surface area (Å²) >= 11 is 6.08. The molecule has 0 saturated heterocycles. The van der Waals surface area contributed by atoms with Crippen LogP contribution in [0.5, 0.6) is 0 Å². The van der Waals surface area contributed by atoms with Gasteiger partial charge in [0.2, 0.25) is 0 Å². The molecule has 3 N–H and O–H groups in total. The Morgan fingerprint density at radius 2 is 1.75 bits per heavy atom. The van der Waals surface area contributed by atoms with Crippen molar-refractivity contribution in [1.82, 2.24) is 5.43 Å². The minimum absolute atomic E-state index is 0.0908. The van der Waals surface area contributed by atoms with Crippen LogP contribution in [-0.4, -0.2) is 0 Å². The molecule has 0 aromatic heterocycles. The number of nitrogens with one attached hydrogen (secondary N) is 1. The van der Waals surface area contributed by atoms with Gasteiger partial charge in [0, 0.05) is 11.1 Å². The molecule has 1 unspecified atom stereocenters. The molecule has 0 heterocycles. The first-order valence-electron chi connectivity index (χ1n) is 6.79. The van der Waals surface area contributed by atoms with E-state index in [1.807, 2.05) is 19.1 Å². The smallest absolute Gasteiger partial charge is 0.0500 e. The number of halogens is 1. The van der Waals surface area contributed by atoms with Crippen LogP contribution in [0.1, 0.15) is 33.9 Å². The van der Waals surface area contributed by atoms with Gasteiger partial charge in [-0.2, -0.15) is 0 Å². The fraction of sp³-hybridized carbons (Fsp3) is 0.294. The Bertz CT molecular complexity index is 608. The summed E-state index contributed by atoms with van der Waals surface area (Å²) in [5.41, 5.74) is 9.04. The average Bonchev–Trinajstić information content (AvgIpc) is 2.43. The molecule has 1 atom stereocenters. The molecule has 20 heavy (non-hydrogen) atoms. The minimum Gasteiger partial charge on any atom is -0.271 e. The van der Waals surface area contributed by atoms with Gasteiger partial charge in [-0.05, 0) is 61.1 Å². The van der Waals surface area contributed by atoms with Gasteiger partial charge in [0.05, 0.1) is 0 Å². The second-order valence-electron chi connectivity index (χ2n) is 5.35. The number of rotatable bonds is 4. The van der Waals surface area contributed by atoms with Gasteiger partial charge in [-0.25, -0.2) is 0 Å². The van der Waals surface area contributed by atoms with Crippen molar-refractivity contribution in [2.75, 3.05) is 0 Å². The Morgan fingerprint density at radius 3 is 2.35 bits per heavy atom. The van der Waals surface area contributed by atoms with Crippen molar-refractivity contribution >= 4 is 11.6 Å². The van der Waals surface area contributed by atoms with E-state index in [4.69, 9.17) is 17.4 Å². The number of benzene rings is 2. The van der Waals surface area contributed by atoms with E-state index in [1.165, 1.54) is 16.7 Å². The highest BCUT2D eigenvalue weighted by atomic mass is 35.5. The largest absolute Gasteiger partial charge is 0.271 e. The Balaban J connectivity index is 2.23. The molecule has 2 aromatic carbocycles. The molecule has 0 amide bonds. The summed E-state index contributed by atoms with van der Waals surface area (Å²) in [4.78, 5) is 0. The molecule has 2 rings (SSSR count). The highest BCUT2D eigenvalue weighted by Crippen LogP contribution is 2.23. The molecule has 2 aromatic rings. The van der Waals surface area contributed by atoms with Crippen molar-refractivity contribution in [1.29, 1.82) is 0 Å². The topological polar surface area (TPSA) is 38.0 Å². The van der Waals surface area contributed by atoms with Crippen LogP contribution < -0.4 is 11.3 Å². The molecule has 0 aliphatic rings. The second-order valence-corrected chi connectivity index (χ2v) is 5.76. The maximum absolute atomic E-state index is 6.08. The molecule has 2 nitrogen and oxygen atoms in total. The predicted octanol–water partition coefficient (Wildman–Crippen LogP) is 4.01. The summed E-state index contributed by atoms with van der Waals surface area (Å²) in [5, 5.41) is 0.788. The molecular formula is C17H21ClN2. The Labute approximate surface area is 125 Å². The van der Waals surface area contributed by atoms with E-state index in [0.717, 1.165) is 22.6 Å². The van der Waals surface area contributed by atoms with E-state index in [1.54, 1.807) is 0 Å². The SMILES string of the molecule is Cc1ccc(CC(NN)c2ccc(Cl)c(C)c2)cc1C. The van der Waals surface area contributed by atoms with E-state index < -0.39 is 0 Å².